The molecule has 3 nitrogen and oxygen atoms in total. The van der Waals surface area contributed by atoms with E-state index in [0.717, 1.165) is 24.8 Å². The van der Waals surface area contributed by atoms with Gasteiger partial charge in [0.25, 0.3) is 0 Å². The number of unbranched alkanes of at least 4 members (excludes halogenated alkanes) is 1. The maximum absolute atomic E-state index is 7.15. The molecule has 0 saturated carbocycles. The van der Waals surface area contributed by atoms with Gasteiger partial charge in [-0.05, 0) is 45.1 Å². The molecule has 2 unspecified atom stereocenters. The molecule has 3 N–H and O–H groups in total. The molecule has 1 fully saturated rings. The minimum Gasteiger partial charge on any atom is -0.388 e. The van der Waals surface area contributed by atoms with E-state index in [-0.39, 0.29) is 0 Å². The fraction of sp³-hybridized carbons (Fsp3) is 0.917. The summed E-state index contributed by atoms with van der Waals surface area (Å²) >= 11 is 0. The molecular weight excluding hydrogens is 186 g/mol. The summed E-state index contributed by atoms with van der Waals surface area (Å²) in [6, 6.07) is 0.749. The highest BCUT2D eigenvalue weighted by atomic mass is 15.2. The largest absolute Gasteiger partial charge is 0.388 e. The van der Waals surface area contributed by atoms with Crippen LogP contribution in [0.15, 0.2) is 0 Å². The van der Waals surface area contributed by atoms with Crippen molar-refractivity contribution in [3.63, 3.8) is 0 Å². The molecule has 88 valence electrons. The zero-order valence-electron chi connectivity index (χ0n) is 10.1. The van der Waals surface area contributed by atoms with Gasteiger partial charge in [-0.1, -0.05) is 6.92 Å². The second-order valence-electron chi connectivity index (χ2n) is 5.01. The van der Waals surface area contributed by atoms with Gasteiger partial charge in [-0.25, -0.2) is 0 Å². The van der Waals surface area contributed by atoms with E-state index in [2.05, 4.69) is 18.7 Å². The third-order valence-electron chi connectivity index (χ3n) is 3.39. The Morgan fingerprint density at radius 1 is 1.33 bits per heavy atom. The van der Waals surface area contributed by atoms with E-state index < -0.39 is 0 Å². The van der Waals surface area contributed by atoms with Gasteiger partial charge < -0.3 is 10.6 Å². The first-order valence-corrected chi connectivity index (χ1v) is 6.16. The third kappa shape index (κ3) is 4.65. The summed E-state index contributed by atoms with van der Waals surface area (Å²) in [6.45, 7) is 7.10. The van der Waals surface area contributed by atoms with Gasteiger partial charge in [0.05, 0.1) is 5.84 Å². The standard InChI is InChI=1S/C12H25N3/c1-10-6-7-11(2)15(9-10)8-4-3-5-12(13)14/h10-11H,3-9H2,1-2H3,(H3,13,14). The van der Waals surface area contributed by atoms with Crippen molar-refractivity contribution in [1.29, 1.82) is 5.41 Å². The number of nitrogens with one attached hydrogen (secondary N) is 1. The lowest BCUT2D eigenvalue weighted by atomic mass is 9.95. The van der Waals surface area contributed by atoms with Gasteiger partial charge in [0, 0.05) is 19.0 Å². The maximum Gasteiger partial charge on any atom is 0.0905 e. The lowest BCUT2D eigenvalue weighted by Crippen LogP contribution is -2.41. The van der Waals surface area contributed by atoms with Gasteiger partial charge in [-0.2, -0.15) is 0 Å². The van der Waals surface area contributed by atoms with Crippen LogP contribution < -0.4 is 5.73 Å². The number of hydrogen-bond acceptors (Lipinski definition) is 2. The summed E-state index contributed by atoms with van der Waals surface area (Å²) in [4.78, 5) is 2.59. The fourth-order valence-electron chi connectivity index (χ4n) is 2.32. The van der Waals surface area contributed by atoms with E-state index in [0.29, 0.717) is 5.84 Å². The second kappa shape index (κ2) is 6.11. The van der Waals surface area contributed by atoms with Gasteiger partial charge in [0.2, 0.25) is 0 Å². The Labute approximate surface area is 93.5 Å². The minimum atomic E-state index is 0.329. The average Bonchev–Trinajstić information content (AvgIpc) is 2.17. The lowest BCUT2D eigenvalue weighted by Gasteiger charge is -2.36. The molecule has 3 heteroatoms. The molecule has 1 aliphatic rings. The lowest BCUT2D eigenvalue weighted by molar-refractivity contribution is 0.123. The summed E-state index contributed by atoms with van der Waals surface area (Å²) < 4.78 is 0. The van der Waals surface area contributed by atoms with Crippen LogP contribution in [0.2, 0.25) is 0 Å². The van der Waals surface area contributed by atoms with Gasteiger partial charge >= 0.3 is 0 Å². The number of nitrogens with two attached hydrogens (primary N) is 1. The van der Waals surface area contributed by atoms with Crippen LogP contribution in [-0.4, -0.2) is 29.9 Å². The van der Waals surface area contributed by atoms with Crippen LogP contribution in [0.3, 0.4) is 0 Å². The van der Waals surface area contributed by atoms with Gasteiger partial charge in [0.15, 0.2) is 0 Å². The molecule has 0 aliphatic carbocycles. The molecule has 0 spiro atoms. The average molecular weight is 211 g/mol. The third-order valence-corrected chi connectivity index (χ3v) is 3.39. The molecule has 1 rings (SSSR count). The smallest absolute Gasteiger partial charge is 0.0905 e. The Morgan fingerprint density at radius 3 is 2.73 bits per heavy atom. The van der Waals surface area contributed by atoms with Crippen molar-refractivity contribution in [2.45, 2.75) is 52.0 Å². The number of hydrogen-bond donors (Lipinski definition) is 2. The summed E-state index contributed by atoms with van der Waals surface area (Å²) in [5.74, 6) is 1.18. The predicted molar refractivity (Wildman–Crippen MR) is 65.2 cm³/mol. The SMILES string of the molecule is CC1CCC(C)N(CCCCC(=N)N)C1. The molecule has 2 atom stereocenters. The summed E-state index contributed by atoms with van der Waals surface area (Å²) in [6.07, 6.45) is 5.72. The molecule has 0 aromatic rings. The van der Waals surface area contributed by atoms with E-state index in [1.165, 1.54) is 32.4 Å². The van der Waals surface area contributed by atoms with E-state index in [1.807, 2.05) is 0 Å². The molecule has 0 aromatic heterocycles. The van der Waals surface area contributed by atoms with Crippen molar-refractivity contribution in [1.82, 2.24) is 4.90 Å². The number of likely N-dealkylation sites (tertiary alicyclic amines) is 1. The van der Waals surface area contributed by atoms with Crippen LogP contribution in [0.25, 0.3) is 0 Å². The number of amidine groups is 1. The van der Waals surface area contributed by atoms with Crippen LogP contribution in [-0.2, 0) is 0 Å². The highest BCUT2D eigenvalue weighted by molar-refractivity contribution is 5.76. The van der Waals surface area contributed by atoms with Crippen molar-refractivity contribution in [3.05, 3.63) is 0 Å². The van der Waals surface area contributed by atoms with Crippen LogP contribution in [0.5, 0.6) is 0 Å². The molecule has 1 heterocycles. The minimum absolute atomic E-state index is 0.329. The molecule has 15 heavy (non-hydrogen) atoms. The quantitative estimate of drug-likeness (QED) is 0.416. The van der Waals surface area contributed by atoms with Crippen LogP contribution in [0.4, 0.5) is 0 Å². The Morgan fingerprint density at radius 2 is 2.07 bits per heavy atom. The van der Waals surface area contributed by atoms with E-state index in [9.17, 15) is 0 Å². The summed E-state index contributed by atoms with van der Waals surface area (Å²) in [5, 5.41) is 7.15. The van der Waals surface area contributed by atoms with Gasteiger partial charge in [-0.15, -0.1) is 0 Å². The highest BCUT2D eigenvalue weighted by Gasteiger charge is 2.21. The van der Waals surface area contributed by atoms with Crippen molar-refractivity contribution < 1.29 is 0 Å². The zero-order valence-corrected chi connectivity index (χ0v) is 10.1. The maximum atomic E-state index is 7.15. The number of rotatable bonds is 5. The van der Waals surface area contributed by atoms with Crippen molar-refractivity contribution >= 4 is 5.84 Å². The predicted octanol–water partition coefficient (Wildman–Crippen LogP) is 2.21. The molecule has 0 radical (unpaired) electrons. The first kappa shape index (κ1) is 12.5. The Kier molecular flexibility index (Phi) is 5.09. The first-order valence-electron chi connectivity index (χ1n) is 6.16. The molecule has 0 bridgehead atoms. The Hall–Kier alpha value is -0.570. The second-order valence-corrected chi connectivity index (χ2v) is 5.01. The van der Waals surface area contributed by atoms with Crippen molar-refractivity contribution in [2.75, 3.05) is 13.1 Å². The number of piperidine rings is 1. The van der Waals surface area contributed by atoms with Crippen LogP contribution >= 0.6 is 0 Å². The molecule has 0 aromatic carbocycles. The normalized spacial score (nSPS) is 27.9. The zero-order chi connectivity index (χ0) is 11.3. The van der Waals surface area contributed by atoms with Crippen LogP contribution in [0.1, 0.15) is 46.0 Å². The first-order chi connectivity index (χ1) is 7.09. The van der Waals surface area contributed by atoms with Crippen molar-refractivity contribution in [2.24, 2.45) is 11.7 Å². The molecular formula is C12H25N3. The fourth-order valence-corrected chi connectivity index (χ4v) is 2.32. The Bertz CT molecular complexity index is 203. The van der Waals surface area contributed by atoms with Gasteiger partial charge in [0.1, 0.15) is 0 Å². The van der Waals surface area contributed by atoms with E-state index in [1.54, 1.807) is 0 Å². The summed E-state index contributed by atoms with van der Waals surface area (Å²) in [5.41, 5.74) is 5.33. The molecule has 0 amide bonds. The number of nitrogens with zero attached hydrogens (tertiary/aromatic N) is 1. The highest BCUT2D eigenvalue weighted by Crippen LogP contribution is 2.21. The van der Waals surface area contributed by atoms with Crippen LogP contribution in [0, 0.1) is 11.3 Å². The van der Waals surface area contributed by atoms with Crippen molar-refractivity contribution in [3.8, 4) is 0 Å². The summed E-state index contributed by atoms with van der Waals surface area (Å²) in [7, 11) is 0. The van der Waals surface area contributed by atoms with E-state index >= 15 is 0 Å². The molecule has 1 aliphatic heterocycles. The Balaban J connectivity index is 2.16. The van der Waals surface area contributed by atoms with Gasteiger partial charge in [-0.3, -0.25) is 5.41 Å². The van der Waals surface area contributed by atoms with E-state index in [4.69, 9.17) is 11.1 Å². The molecule has 1 saturated heterocycles. The topological polar surface area (TPSA) is 53.1 Å². The monoisotopic (exact) mass is 211 g/mol.